The molecule has 2 heteroatoms. The Hall–Kier alpha value is -0.0800. The lowest BCUT2D eigenvalue weighted by molar-refractivity contribution is 0.0630. The minimum atomic E-state index is 0.381. The molecular formula is C18H34N2. The fraction of sp³-hybridized carbons (Fsp3) is 1.00. The van der Waals surface area contributed by atoms with Crippen molar-refractivity contribution in [2.75, 3.05) is 19.6 Å². The molecule has 2 atom stereocenters. The summed E-state index contributed by atoms with van der Waals surface area (Å²) >= 11 is 0. The maximum absolute atomic E-state index is 3.81. The lowest BCUT2D eigenvalue weighted by Crippen LogP contribution is -2.61. The van der Waals surface area contributed by atoms with Crippen LogP contribution in [0.4, 0.5) is 0 Å². The monoisotopic (exact) mass is 278 g/mol. The summed E-state index contributed by atoms with van der Waals surface area (Å²) in [5.41, 5.74) is 0.381. The highest BCUT2D eigenvalue weighted by Gasteiger charge is 2.43. The van der Waals surface area contributed by atoms with Crippen LogP contribution in [0, 0.1) is 23.2 Å². The van der Waals surface area contributed by atoms with E-state index in [9.17, 15) is 0 Å². The van der Waals surface area contributed by atoms with Gasteiger partial charge in [0.1, 0.15) is 0 Å². The molecule has 0 aromatic heterocycles. The van der Waals surface area contributed by atoms with Gasteiger partial charge >= 0.3 is 0 Å². The molecule has 1 aliphatic heterocycles. The molecule has 116 valence electrons. The van der Waals surface area contributed by atoms with E-state index in [0.29, 0.717) is 11.5 Å². The van der Waals surface area contributed by atoms with Gasteiger partial charge in [-0.3, -0.25) is 4.90 Å². The zero-order valence-electron chi connectivity index (χ0n) is 14.0. The van der Waals surface area contributed by atoms with Crippen molar-refractivity contribution in [2.45, 2.75) is 71.9 Å². The highest BCUT2D eigenvalue weighted by Crippen LogP contribution is 2.49. The van der Waals surface area contributed by atoms with E-state index in [-0.39, 0.29) is 0 Å². The van der Waals surface area contributed by atoms with Crippen LogP contribution >= 0.6 is 0 Å². The molecule has 20 heavy (non-hydrogen) atoms. The molecule has 3 fully saturated rings. The van der Waals surface area contributed by atoms with Crippen LogP contribution in [-0.4, -0.2) is 36.6 Å². The molecule has 0 amide bonds. The van der Waals surface area contributed by atoms with Gasteiger partial charge in [0.15, 0.2) is 0 Å². The third-order valence-electron chi connectivity index (χ3n) is 5.95. The predicted octanol–water partition coefficient (Wildman–Crippen LogP) is 3.52. The fourth-order valence-electron chi connectivity index (χ4n) is 4.06. The first-order valence-electron chi connectivity index (χ1n) is 8.96. The number of hydrogen-bond acceptors (Lipinski definition) is 2. The van der Waals surface area contributed by atoms with E-state index in [0.717, 1.165) is 23.8 Å². The number of nitrogens with zero attached hydrogens (tertiary/aromatic N) is 1. The molecule has 2 aliphatic carbocycles. The van der Waals surface area contributed by atoms with E-state index in [2.05, 4.69) is 37.9 Å². The maximum atomic E-state index is 3.81. The lowest BCUT2D eigenvalue weighted by atomic mass is 9.84. The van der Waals surface area contributed by atoms with E-state index < -0.39 is 0 Å². The summed E-state index contributed by atoms with van der Waals surface area (Å²) in [5, 5.41) is 3.81. The molecule has 1 saturated heterocycles. The lowest BCUT2D eigenvalue weighted by Gasteiger charge is -2.46. The van der Waals surface area contributed by atoms with Gasteiger partial charge in [-0.2, -0.15) is 0 Å². The second-order valence-electron chi connectivity index (χ2n) is 8.68. The Balaban J connectivity index is 1.63. The summed E-state index contributed by atoms with van der Waals surface area (Å²) < 4.78 is 0. The van der Waals surface area contributed by atoms with Crippen LogP contribution in [-0.2, 0) is 0 Å². The molecule has 0 aromatic carbocycles. The number of rotatable bonds is 5. The van der Waals surface area contributed by atoms with Crippen molar-refractivity contribution in [3.8, 4) is 0 Å². The number of piperazine rings is 1. The average Bonchev–Trinajstić information content (AvgIpc) is 3.27. The molecule has 0 bridgehead atoms. The van der Waals surface area contributed by atoms with Gasteiger partial charge < -0.3 is 5.32 Å². The average molecular weight is 278 g/mol. The van der Waals surface area contributed by atoms with Crippen molar-refractivity contribution >= 4 is 0 Å². The minimum absolute atomic E-state index is 0.381. The first-order chi connectivity index (χ1) is 9.49. The van der Waals surface area contributed by atoms with Crippen molar-refractivity contribution in [3.05, 3.63) is 0 Å². The molecule has 2 saturated carbocycles. The Morgan fingerprint density at radius 1 is 1.10 bits per heavy atom. The van der Waals surface area contributed by atoms with Gasteiger partial charge in [0, 0.05) is 31.7 Å². The van der Waals surface area contributed by atoms with Gasteiger partial charge in [0.25, 0.3) is 0 Å². The van der Waals surface area contributed by atoms with Crippen LogP contribution in [0.1, 0.15) is 59.8 Å². The van der Waals surface area contributed by atoms with Crippen LogP contribution < -0.4 is 5.32 Å². The van der Waals surface area contributed by atoms with Crippen LogP contribution in [0.15, 0.2) is 0 Å². The third kappa shape index (κ3) is 3.39. The van der Waals surface area contributed by atoms with Crippen LogP contribution in [0.5, 0.6) is 0 Å². The van der Waals surface area contributed by atoms with Crippen molar-refractivity contribution in [1.29, 1.82) is 0 Å². The van der Waals surface area contributed by atoms with Gasteiger partial charge in [-0.25, -0.2) is 0 Å². The summed E-state index contributed by atoms with van der Waals surface area (Å²) in [7, 11) is 0. The van der Waals surface area contributed by atoms with E-state index >= 15 is 0 Å². The zero-order chi connectivity index (χ0) is 14.3. The molecule has 0 radical (unpaired) electrons. The van der Waals surface area contributed by atoms with E-state index in [1.165, 1.54) is 51.7 Å². The third-order valence-corrected chi connectivity index (χ3v) is 5.95. The summed E-state index contributed by atoms with van der Waals surface area (Å²) in [6.45, 7) is 13.4. The zero-order valence-corrected chi connectivity index (χ0v) is 14.0. The molecule has 2 unspecified atom stereocenters. The van der Waals surface area contributed by atoms with Crippen LogP contribution in [0.2, 0.25) is 0 Å². The predicted molar refractivity (Wildman–Crippen MR) is 85.8 cm³/mol. The van der Waals surface area contributed by atoms with Gasteiger partial charge in [-0.05, 0) is 55.3 Å². The van der Waals surface area contributed by atoms with Gasteiger partial charge in [-0.15, -0.1) is 0 Å². The van der Waals surface area contributed by atoms with Crippen molar-refractivity contribution < 1.29 is 0 Å². The molecule has 3 rings (SSSR count). The molecule has 3 aliphatic rings. The van der Waals surface area contributed by atoms with Gasteiger partial charge in [0.05, 0.1) is 0 Å². The number of nitrogens with one attached hydrogen (secondary N) is 1. The normalized spacial score (nSPS) is 32.9. The maximum Gasteiger partial charge on any atom is 0.0244 e. The molecule has 0 spiro atoms. The second kappa shape index (κ2) is 5.61. The Morgan fingerprint density at radius 2 is 1.70 bits per heavy atom. The summed E-state index contributed by atoms with van der Waals surface area (Å²) in [6.07, 6.45) is 7.38. The Morgan fingerprint density at radius 3 is 2.15 bits per heavy atom. The van der Waals surface area contributed by atoms with Gasteiger partial charge in [0.2, 0.25) is 0 Å². The van der Waals surface area contributed by atoms with Crippen LogP contribution in [0.25, 0.3) is 0 Å². The van der Waals surface area contributed by atoms with Gasteiger partial charge in [-0.1, -0.05) is 27.7 Å². The van der Waals surface area contributed by atoms with Crippen molar-refractivity contribution in [3.63, 3.8) is 0 Å². The molecular weight excluding hydrogens is 244 g/mol. The van der Waals surface area contributed by atoms with Crippen molar-refractivity contribution in [2.24, 2.45) is 23.2 Å². The first-order valence-corrected chi connectivity index (χ1v) is 8.96. The SMILES string of the molecule is CCC1CNC(C(C)(C)C)CN1CC(C1CC1)C1CC1. The summed E-state index contributed by atoms with van der Waals surface area (Å²) in [6, 6.07) is 1.43. The summed E-state index contributed by atoms with van der Waals surface area (Å²) in [5.74, 6) is 3.20. The second-order valence-corrected chi connectivity index (χ2v) is 8.68. The quantitative estimate of drug-likeness (QED) is 0.828. The van der Waals surface area contributed by atoms with Crippen LogP contribution in [0.3, 0.4) is 0 Å². The first kappa shape index (κ1) is 14.8. The summed E-state index contributed by atoms with van der Waals surface area (Å²) in [4.78, 5) is 2.85. The molecule has 1 heterocycles. The smallest absolute Gasteiger partial charge is 0.0244 e. The van der Waals surface area contributed by atoms with E-state index in [1.54, 1.807) is 0 Å². The molecule has 1 N–H and O–H groups in total. The molecule has 0 aromatic rings. The Bertz CT molecular complexity index is 313. The Labute approximate surface area is 125 Å². The van der Waals surface area contributed by atoms with E-state index in [4.69, 9.17) is 0 Å². The standard InChI is InChI=1S/C18H34N2/c1-5-15-10-19-17(18(2,3)4)12-20(15)11-16(13-6-7-13)14-8-9-14/h13-17,19H,5-12H2,1-4H3. The topological polar surface area (TPSA) is 15.3 Å². The minimum Gasteiger partial charge on any atom is -0.311 e. The molecule has 2 nitrogen and oxygen atoms in total. The highest BCUT2D eigenvalue weighted by molar-refractivity contribution is 4.97. The van der Waals surface area contributed by atoms with E-state index in [1.807, 2.05) is 0 Å². The highest BCUT2D eigenvalue weighted by atomic mass is 15.2. The Kier molecular flexibility index (Phi) is 4.16. The van der Waals surface area contributed by atoms with Crippen molar-refractivity contribution in [1.82, 2.24) is 10.2 Å². The number of hydrogen-bond donors (Lipinski definition) is 1. The fourth-order valence-corrected chi connectivity index (χ4v) is 4.06. The largest absolute Gasteiger partial charge is 0.311 e.